The van der Waals surface area contributed by atoms with Crippen molar-refractivity contribution in [1.82, 2.24) is 9.97 Å². The van der Waals surface area contributed by atoms with Gasteiger partial charge < -0.3 is 9.46 Å². The normalized spacial score (nSPS) is 10.6. The van der Waals surface area contributed by atoms with Crippen LogP contribution in [0.25, 0.3) is 22.0 Å². The average Bonchev–Trinajstić information content (AvgIpc) is 2.77. The Morgan fingerprint density at radius 1 is 1.03 bits per heavy atom. The van der Waals surface area contributed by atoms with E-state index in [0.29, 0.717) is 17.1 Å². The molecule has 1 N–H and O–H groups in total. The van der Waals surface area contributed by atoms with E-state index >= 15 is 0 Å². The quantitative estimate of drug-likeness (QED) is 0.425. The molecule has 2 heterocycles. The fourth-order valence-electron chi connectivity index (χ4n) is 2.94. The van der Waals surface area contributed by atoms with E-state index in [1.807, 2.05) is 24.3 Å². The van der Waals surface area contributed by atoms with Crippen molar-refractivity contribution < 1.29 is 13.5 Å². The van der Waals surface area contributed by atoms with Crippen LogP contribution in [0.3, 0.4) is 0 Å². The monoisotopic (exact) mass is 420 g/mol. The number of nitriles is 1. The van der Waals surface area contributed by atoms with Crippen LogP contribution in [0.2, 0.25) is 0 Å². The molecule has 0 aliphatic rings. The molecule has 0 aliphatic heterocycles. The van der Waals surface area contributed by atoms with E-state index in [4.69, 9.17) is 4.74 Å². The van der Waals surface area contributed by atoms with Crippen molar-refractivity contribution in [2.75, 3.05) is 11.8 Å². The first-order valence-electron chi connectivity index (χ1n) is 8.80. The second-order valence-corrected chi connectivity index (χ2v) is 7.11. The van der Waals surface area contributed by atoms with Gasteiger partial charge in [0.25, 0.3) is 0 Å². The van der Waals surface area contributed by atoms with Gasteiger partial charge in [-0.05, 0) is 53.9 Å². The zero-order valence-corrected chi connectivity index (χ0v) is 16.5. The van der Waals surface area contributed by atoms with E-state index < -0.39 is 11.6 Å². The molecule has 0 saturated heterocycles. The molecule has 2 aromatic heterocycles. The van der Waals surface area contributed by atoms with Crippen LogP contribution in [0.5, 0.6) is 5.88 Å². The number of pyridine rings is 2. The number of nitrogens with zero attached hydrogens (tertiary/aromatic N) is 3. The number of halogens is 2. The topological polar surface area (TPSA) is 70.8 Å². The summed E-state index contributed by atoms with van der Waals surface area (Å²) in [5.74, 6) is -0.976. The van der Waals surface area contributed by atoms with Gasteiger partial charge in [-0.15, -0.1) is 0 Å². The first kappa shape index (κ1) is 19.6. The summed E-state index contributed by atoms with van der Waals surface area (Å²) in [6.45, 7) is 0. The van der Waals surface area contributed by atoms with E-state index in [1.54, 1.807) is 18.5 Å². The molecular weight excluding hydrogens is 406 g/mol. The largest absolute Gasteiger partial charge is 0.480 e. The first-order chi connectivity index (χ1) is 14.6. The van der Waals surface area contributed by atoms with Gasteiger partial charge in [-0.2, -0.15) is 5.26 Å². The third-order valence-electron chi connectivity index (χ3n) is 4.40. The van der Waals surface area contributed by atoms with Crippen molar-refractivity contribution in [2.24, 2.45) is 0 Å². The van der Waals surface area contributed by atoms with Crippen LogP contribution in [0, 0.1) is 23.0 Å². The molecule has 0 atom stereocenters. The molecule has 148 valence electrons. The zero-order valence-electron chi connectivity index (χ0n) is 15.7. The van der Waals surface area contributed by atoms with E-state index in [0.717, 1.165) is 40.0 Å². The number of aromatic nitrogens is 2. The lowest BCUT2D eigenvalue weighted by Crippen LogP contribution is -1.97. The Balaban J connectivity index is 1.69. The van der Waals surface area contributed by atoms with Crippen LogP contribution in [-0.4, -0.2) is 17.1 Å². The highest BCUT2D eigenvalue weighted by molar-refractivity contribution is 8.00. The van der Waals surface area contributed by atoms with Crippen molar-refractivity contribution in [2.45, 2.75) is 4.90 Å². The Morgan fingerprint density at radius 2 is 1.90 bits per heavy atom. The Kier molecular flexibility index (Phi) is 5.46. The Bertz CT molecular complexity index is 1290. The lowest BCUT2D eigenvalue weighted by Gasteiger charge is -2.12. The van der Waals surface area contributed by atoms with Gasteiger partial charge in [0.2, 0.25) is 5.88 Å². The number of ether oxygens (including phenoxy) is 1. The predicted octanol–water partition coefficient (Wildman–Crippen LogP) is 5.57. The van der Waals surface area contributed by atoms with Crippen LogP contribution < -0.4 is 9.46 Å². The van der Waals surface area contributed by atoms with Gasteiger partial charge in [-0.25, -0.2) is 13.8 Å². The molecule has 0 aliphatic carbocycles. The minimum Gasteiger partial charge on any atom is -0.480 e. The average molecular weight is 420 g/mol. The fourth-order valence-corrected chi connectivity index (χ4v) is 3.60. The smallest absolute Gasteiger partial charge is 0.237 e. The molecule has 0 fully saturated rings. The number of methoxy groups -OCH3 is 1. The van der Waals surface area contributed by atoms with Crippen molar-refractivity contribution in [3.63, 3.8) is 0 Å². The summed E-state index contributed by atoms with van der Waals surface area (Å²) in [5, 5.41) is 10.1. The van der Waals surface area contributed by atoms with Crippen LogP contribution in [0.15, 0.2) is 65.8 Å². The summed E-state index contributed by atoms with van der Waals surface area (Å²) in [7, 11) is 1.48. The fraction of sp³-hybridized carbons (Fsp3) is 0.0455. The number of anilines is 1. The number of hydrogen-bond acceptors (Lipinski definition) is 6. The van der Waals surface area contributed by atoms with E-state index in [9.17, 15) is 14.0 Å². The second-order valence-electron chi connectivity index (χ2n) is 6.26. The number of benzene rings is 2. The van der Waals surface area contributed by atoms with Crippen molar-refractivity contribution in [1.29, 1.82) is 5.26 Å². The minimum absolute atomic E-state index is 0.235. The maximum atomic E-state index is 13.9. The van der Waals surface area contributed by atoms with E-state index in [-0.39, 0.29) is 4.90 Å². The highest BCUT2D eigenvalue weighted by Gasteiger charge is 2.11. The Labute approximate surface area is 175 Å². The highest BCUT2D eigenvalue weighted by Crippen LogP contribution is 2.33. The van der Waals surface area contributed by atoms with Crippen molar-refractivity contribution >= 4 is 28.5 Å². The molecule has 0 saturated carbocycles. The van der Waals surface area contributed by atoms with Crippen LogP contribution in [0.4, 0.5) is 14.5 Å². The third-order valence-corrected chi connectivity index (χ3v) is 5.28. The second kappa shape index (κ2) is 8.35. The molecule has 0 amide bonds. The number of rotatable bonds is 5. The number of fused-ring (bicyclic) bond motifs is 1. The molecule has 0 unspecified atom stereocenters. The maximum absolute atomic E-state index is 13.9. The molecule has 0 spiro atoms. The van der Waals surface area contributed by atoms with Crippen molar-refractivity contribution in [3.05, 3.63) is 78.1 Å². The summed E-state index contributed by atoms with van der Waals surface area (Å²) in [4.78, 5) is 8.83. The summed E-state index contributed by atoms with van der Waals surface area (Å²) in [6, 6.07) is 14.6. The summed E-state index contributed by atoms with van der Waals surface area (Å²) in [5.41, 5.74) is 3.38. The van der Waals surface area contributed by atoms with Gasteiger partial charge in [0.1, 0.15) is 17.3 Å². The first-order valence-corrected chi connectivity index (χ1v) is 9.62. The number of hydrogen-bond donors (Lipinski definition) is 1. The molecule has 5 nitrogen and oxygen atoms in total. The van der Waals surface area contributed by atoms with Crippen molar-refractivity contribution in [3.8, 4) is 23.1 Å². The van der Waals surface area contributed by atoms with Crippen LogP contribution in [-0.2, 0) is 0 Å². The lowest BCUT2D eigenvalue weighted by molar-refractivity contribution is 0.400. The summed E-state index contributed by atoms with van der Waals surface area (Å²) >= 11 is 0.986. The van der Waals surface area contributed by atoms with Gasteiger partial charge in [0, 0.05) is 29.4 Å². The molecule has 4 rings (SSSR count). The van der Waals surface area contributed by atoms with Gasteiger partial charge >= 0.3 is 0 Å². The highest BCUT2D eigenvalue weighted by atomic mass is 32.2. The lowest BCUT2D eigenvalue weighted by atomic mass is 10.0. The SMILES string of the molecule is COc1ncc(-c2ccc3nccc(C#N)c3c2)cc1NSc1ccc(F)cc1F. The minimum atomic E-state index is -0.665. The predicted molar refractivity (Wildman–Crippen MR) is 112 cm³/mol. The molecule has 30 heavy (non-hydrogen) atoms. The van der Waals surface area contributed by atoms with Gasteiger partial charge in [0.05, 0.1) is 29.2 Å². The standard InChI is InChI=1S/C22H14F2N4OS/c1-29-22-20(28-30-21-5-3-16(23)10-18(21)24)9-15(12-27-22)13-2-4-19-17(8-13)14(11-25)6-7-26-19/h2-10,12,28H,1H3. The molecule has 0 bridgehead atoms. The molecule has 8 heteroatoms. The van der Waals surface area contributed by atoms with Gasteiger partial charge in [0.15, 0.2) is 0 Å². The third kappa shape index (κ3) is 3.88. The van der Waals surface area contributed by atoms with Crippen LogP contribution >= 0.6 is 11.9 Å². The molecular formula is C22H14F2N4OS. The van der Waals surface area contributed by atoms with Gasteiger partial charge in [-0.1, -0.05) is 6.07 Å². The van der Waals surface area contributed by atoms with Crippen LogP contribution in [0.1, 0.15) is 5.56 Å². The number of nitrogens with one attached hydrogen (secondary N) is 1. The zero-order chi connectivity index (χ0) is 21.1. The van der Waals surface area contributed by atoms with Gasteiger partial charge in [-0.3, -0.25) is 4.98 Å². The van der Waals surface area contributed by atoms with E-state index in [2.05, 4.69) is 20.8 Å². The molecule has 2 aromatic carbocycles. The summed E-state index contributed by atoms with van der Waals surface area (Å²) < 4.78 is 35.3. The Morgan fingerprint density at radius 3 is 2.67 bits per heavy atom. The maximum Gasteiger partial charge on any atom is 0.237 e. The Hall–Kier alpha value is -3.70. The summed E-state index contributed by atoms with van der Waals surface area (Å²) in [6.07, 6.45) is 3.25. The molecule has 0 radical (unpaired) electrons. The van der Waals surface area contributed by atoms with E-state index in [1.165, 1.54) is 19.2 Å². The molecule has 4 aromatic rings.